The molecular weight excluding hydrogens is 226 g/mol. The molecule has 1 rings (SSSR count). The van der Waals surface area contributed by atoms with Gasteiger partial charge in [-0.2, -0.15) is 11.8 Å². The normalized spacial score (nSPS) is 17.6. The number of hydrogen-bond acceptors (Lipinski definition) is 3. The highest BCUT2D eigenvalue weighted by Gasteiger charge is 2.40. The molecule has 1 aliphatic carbocycles. The van der Waals surface area contributed by atoms with Crippen molar-refractivity contribution in [3.8, 4) is 0 Å². The van der Waals surface area contributed by atoms with Crippen molar-refractivity contribution in [2.45, 2.75) is 44.6 Å². The largest absolute Gasteiger partial charge is 0.481 e. The molecule has 1 amide bonds. The van der Waals surface area contributed by atoms with Gasteiger partial charge in [0.2, 0.25) is 5.91 Å². The molecule has 0 bridgehead atoms. The Hall–Kier alpha value is -0.710. The maximum absolute atomic E-state index is 11.6. The Bertz CT molecular complexity index is 264. The number of aliphatic carboxylic acids is 1. The molecule has 0 radical (unpaired) electrons. The van der Waals surface area contributed by atoms with E-state index in [4.69, 9.17) is 5.11 Å². The minimum atomic E-state index is -0.832. The van der Waals surface area contributed by atoms with Crippen LogP contribution in [0, 0.1) is 0 Å². The molecule has 92 valence electrons. The number of amides is 1. The van der Waals surface area contributed by atoms with E-state index in [1.165, 1.54) is 0 Å². The minimum absolute atomic E-state index is 0.0283. The van der Waals surface area contributed by atoms with Crippen LogP contribution in [0.5, 0.6) is 0 Å². The molecular formula is C11H19NO3S. The Morgan fingerprint density at radius 3 is 2.56 bits per heavy atom. The highest BCUT2D eigenvalue weighted by molar-refractivity contribution is 7.99. The molecule has 0 heterocycles. The number of hydrogen-bond donors (Lipinski definition) is 2. The number of rotatable bonds is 7. The van der Waals surface area contributed by atoms with Crippen LogP contribution in [0.2, 0.25) is 0 Å². The van der Waals surface area contributed by atoms with Crippen LogP contribution in [0.4, 0.5) is 0 Å². The molecule has 4 nitrogen and oxygen atoms in total. The molecule has 0 spiro atoms. The van der Waals surface area contributed by atoms with Crippen LogP contribution in [0.3, 0.4) is 0 Å². The van der Waals surface area contributed by atoms with Gasteiger partial charge in [-0.3, -0.25) is 9.59 Å². The summed E-state index contributed by atoms with van der Waals surface area (Å²) in [4.78, 5) is 22.3. The minimum Gasteiger partial charge on any atom is -0.481 e. The van der Waals surface area contributed by atoms with Crippen molar-refractivity contribution in [1.29, 1.82) is 0 Å². The Morgan fingerprint density at radius 1 is 1.44 bits per heavy atom. The van der Waals surface area contributed by atoms with Crippen molar-refractivity contribution in [1.82, 2.24) is 5.32 Å². The van der Waals surface area contributed by atoms with Crippen molar-refractivity contribution in [3.63, 3.8) is 0 Å². The summed E-state index contributed by atoms with van der Waals surface area (Å²) >= 11 is 1.60. The van der Waals surface area contributed by atoms with E-state index in [1.807, 2.05) is 0 Å². The maximum atomic E-state index is 11.6. The van der Waals surface area contributed by atoms with Crippen molar-refractivity contribution >= 4 is 23.6 Å². The maximum Gasteiger partial charge on any atom is 0.305 e. The van der Waals surface area contributed by atoms with E-state index in [0.29, 0.717) is 5.75 Å². The first-order valence-corrected chi connectivity index (χ1v) is 6.84. The fourth-order valence-electron chi connectivity index (χ4n) is 1.88. The summed E-state index contributed by atoms with van der Waals surface area (Å²) < 4.78 is 0. The van der Waals surface area contributed by atoms with E-state index in [9.17, 15) is 9.59 Å². The van der Waals surface area contributed by atoms with E-state index in [2.05, 4.69) is 12.2 Å². The van der Waals surface area contributed by atoms with Gasteiger partial charge in [0, 0.05) is 0 Å². The van der Waals surface area contributed by atoms with E-state index >= 15 is 0 Å². The number of thioether (sulfide) groups is 1. The Labute approximate surface area is 100 Å². The molecule has 0 saturated heterocycles. The standard InChI is InChI=1S/C11H19NO3S/c1-2-6-16-8-9(13)12-11(4-3-5-11)7-10(14)15/h2-8H2,1H3,(H,12,13)(H,14,15). The third-order valence-corrected chi connectivity index (χ3v) is 3.95. The number of carboxylic acids is 1. The third-order valence-electron chi connectivity index (χ3n) is 2.79. The molecule has 2 N–H and O–H groups in total. The quantitative estimate of drug-likeness (QED) is 0.669. The van der Waals surface area contributed by atoms with Crippen molar-refractivity contribution in [2.24, 2.45) is 0 Å². The first kappa shape index (κ1) is 13.4. The van der Waals surface area contributed by atoms with E-state index in [1.54, 1.807) is 11.8 Å². The van der Waals surface area contributed by atoms with Gasteiger partial charge in [0.05, 0.1) is 17.7 Å². The van der Waals surface area contributed by atoms with Crippen LogP contribution in [0.1, 0.15) is 39.0 Å². The lowest BCUT2D eigenvalue weighted by Crippen LogP contribution is -2.55. The molecule has 1 saturated carbocycles. The van der Waals surface area contributed by atoms with E-state index in [-0.39, 0.29) is 12.3 Å². The van der Waals surface area contributed by atoms with Crippen LogP contribution in [0.25, 0.3) is 0 Å². The highest BCUT2D eigenvalue weighted by Crippen LogP contribution is 2.34. The van der Waals surface area contributed by atoms with Crippen LogP contribution < -0.4 is 5.32 Å². The zero-order valence-electron chi connectivity index (χ0n) is 9.62. The zero-order chi connectivity index (χ0) is 12.0. The van der Waals surface area contributed by atoms with Gasteiger partial charge in [-0.1, -0.05) is 6.92 Å². The molecule has 5 heteroatoms. The van der Waals surface area contributed by atoms with E-state index in [0.717, 1.165) is 31.4 Å². The summed E-state index contributed by atoms with van der Waals surface area (Å²) in [6.07, 6.45) is 3.71. The molecule has 1 fully saturated rings. The molecule has 1 aliphatic rings. The van der Waals surface area contributed by atoms with Crippen molar-refractivity contribution < 1.29 is 14.7 Å². The highest BCUT2D eigenvalue weighted by atomic mass is 32.2. The molecule has 0 atom stereocenters. The summed E-state index contributed by atoms with van der Waals surface area (Å²) in [5.74, 6) is 0.551. The first-order valence-electron chi connectivity index (χ1n) is 5.68. The Kier molecular flexibility index (Phi) is 5.12. The second-order valence-corrected chi connectivity index (χ2v) is 5.41. The summed E-state index contributed by atoms with van der Waals surface area (Å²) in [5, 5.41) is 11.7. The van der Waals surface area contributed by atoms with Gasteiger partial charge in [0.15, 0.2) is 0 Å². The number of carbonyl (C=O) groups excluding carboxylic acids is 1. The fourth-order valence-corrected chi connectivity index (χ4v) is 2.57. The first-order chi connectivity index (χ1) is 7.58. The topological polar surface area (TPSA) is 66.4 Å². The molecule has 0 aliphatic heterocycles. The van der Waals surface area contributed by atoms with Gasteiger partial charge in [-0.15, -0.1) is 0 Å². The molecule has 0 unspecified atom stereocenters. The average Bonchev–Trinajstić information content (AvgIpc) is 2.14. The van der Waals surface area contributed by atoms with Crippen LogP contribution in [-0.2, 0) is 9.59 Å². The molecule has 0 aromatic carbocycles. The van der Waals surface area contributed by atoms with E-state index < -0.39 is 11.5 Å². The summed E-state index contributed by atoms with van der Waals surface area (Å²) in [5.41, 5.74) is -0.449. The van der Waals surface area contributed by atoms with Gasteiger partial charge in [-0.25, -0.2) is 0 Å². The predicted octanol–water partition coefficient (Wildman–Crippen LogP) is 1.64. The lowest BCUT2D eigenvalue weighted by Gasteiger charge is -2.41. The summed E-state index contributed by atoms with van der Waals surface area (Å²) in [6, 6.07) is 0. The van der Waals surface area contributed by atoms with Crippen LogP contribution in [0.15, 0.2) is 0 Å². The Balaban J connectivity index is 2.32. The summed E-state index contributed by atoms with van der Waals surface area (Å²) in [6.45, 7) is 2.07. The van der Waals surface area contributed by atoms with Crippen molar-refractivity contribution in [2.75, 3.05) is 11.5 Å². The molecule has 16 heavy (non-hydrogen) atoms. The molecule has 0 aromatic heterocycles. The SMILES string of the molecule is CCCSCC(=O)NC1(CC(=O)O)CCC1. The van der Waals surface area contributed by atoms with Gasteiger partial charge >= 0.3 is 5.97 Å². The monoisotopic (exact) mass is 245 g/mol. The van der Waals surface area contributed by atoms with Crippen LogP contribution in [-0.4, -0.2) is 34.0 Å². The average molecular weight is 245 g/mol. The van der Waals surface area contributed by atoms with Crippen molar-refractivity contribution in [3.05, 3.63) is 0 Å². The van der Waals surface area contributed by atoms with Gasteiger partial charge < -0.3 is 10.4 Å². The lowest BCUT2D eigenvalue weighted by molar-refractivity contribution is -0.140. The second kappa shape index (κ2) is 6.13. The lowest BCUT2D eigenvalue weighted by atomic mass is 9.74. The Morgan fingerprint density at radius 2 is 2.12 bits per heavy atom. The number of carboxylic acid groups (broad SMARTS) is 1. The molecule has 0 aromatic rings. The smallest absolute Gasteiger partial charge is 0.305 e. The van der Waals surface area contributed by atoms with Gasteiger partial charge in [0.1, 0.15) is 0 Å². The predicted molar refractivity (Wildman–Crippen MR) is 64.6 cm³/mol. The third kappa shape index (κ3) is 4.04. The van der Waals surface area contributed by atoms with Crippen LogP contribution >= 0.6 is 11.8 Å². The summed E-state index contributed by atoms with van der Waals surface area (Å²) in [7, 11) is 0. The zero-order valence-corrected chi connectivity index (χ0v) is 10.4. The van der Waals surface area contributed by atoms with Gasteiger partial charge in [-0.05, 0) is 31.4 Å². The van der Waals surface area contributed by atoms with Gasteiger partial charge in [0.25, 0.3) is 0 Å². The second-order valence-electron chi connectivity index (χ2n) is 4.31. The fraction of sp³-hybridized carbons (Fsp3) is 0.818. The number of carbonyl (C=O) groups is 2. The number of nitrogens with one attached hydrogen (secondary N) is 1.